The van der Waals surface area contributed by atoms with Crippen molar-refractivity contribution in [3.8, 4) is 0 Å². The Morgan fingerprint density at radius 2 is 2.07 bits per heavy atom. The van der Waals surface area contributed by atoms with Crippen molar-refractivity contribution in [1.29, 1.82) is 0 Å². The van der Waals surface area contributed by atoms with Crippen molar-refractivity contribution in [2.75, 3.05) is 0 Å². The van der Waals surface area contributed by atoms with Gasteiger partial charge in [-0.25, -0.2) is 4.98 Å². The Labute approximate surface area is 81.4 Å². The molecule has 0 aliphatic rings. The second kappa shape index (κ2) is 3.40. The monoisotopic (exact) mass is 192 g/mol. The molecule has 2 N–H and O–H groups in total. The number of fused-ring (bicyclic) bond motifs is 1. The molecule has 0 atom stereocenters. The Morgan fingerprint density at radius 1 is 1.36 bits per heavy atom. The summed E-state index contributed by atoms with van der Waals surface area (Å²) < 4.78 is 1.79. The van der Waals surface area contributed by atoms with Gasteiger partial charge in [0.25, 0.3) is 0 Å². The van der Waals surface area contributed by atoms with Crippen molar-refractivity contribution in [3.05, 3.63) is 30.1 Å². The molecular weight excluding hydrogens is 180 g/mol. The molecule has 2 aromatic rings. The summed E-state index contributed by atoms with van der Waals surface area (Å²) >= 11 is 0. The average Bonchev–Trinajstić information content (AvgIpc) is 2.43. The maximum absolute atomic E-state index is 8.92. The minimum atomic E-state index is -1.34. The van der Waals surface area contributed by atoms with Gasteiger partial charge in [0, 0.05) is 0 Å². The van der Waals surface area contributed by atoms with Crippen LogP contribution in [0.4, 0.5) is 0 Å². The van der Waals surface area contributed by atoms with Crippen LogP contribution in [-0.4, -0.2) is 26.1 Å². The molecular formula is C10H12N2O2. The van der Waals surface area contributed by atoms with Gasteiger partial charge in [-0.15, -0.1) is 0 Å². The molecule has 0 aliphatic carbocycles. The van der Waals surface area contributed by atoms with Gasteiger partial charge in [-0.1, -0.05) is 12.1 Å². The van der Waals surface area contributed by atoms with E-state index in [1.807, 2.05) is 31.2 Å². The molecule has 0 saturated carbocycles. The third-order valence-corrected chi connectivity index (χ3v) is 2.19. The van der Waals surface area contributed by atoms with Crippen LogP contribution in [0.1, 0.15) is 5.82 Å². The molecule has 2 rings (SSSR count). The Bertz CT molecular complexity index is 448. The lowest BCUT2D eigenvalue weighted by Crippen LogP contribution is -2.15. The third-order valence-electron chi connectivity index (χ3n) is 2.19. The van der Waals surface area contributed by atoms with E-state index in [9.17, 15) is 0 Å². The number of aromatic nitrogens is 2. The minimum absolute atomic E-state index is 0.159. The van der Waals surface area contributed by atoms with Crippen LogP contribution >= 0.6 is 0 Å². The quantitative estimate of drug-likeness (QED) is 0.687. The van der Waals surface area contributed by atoms with Crippen molar-refractivity contribution >= 4 is 11.0 Å². The highest BCUT2D eigenvalue weighted by Gasteiger charge is 2.08. The standard InChI is InChI=1S/C10H12N2O2/c1-7-11-8-4-2-3-5-9(8)12(7)6-10(13)14/h2-5,10,13-14H,6H2,1H3. The Morgan fingerprint density at radius 3 is 2.79 bits per heavy atom. The largest absolute Gasteiger partial charge is 0.367 e. The van der Waals surface area contributed by atoms with Crippen LogP contribution in [0.5, 0.6) is 0 Å². The van der Waals surface area contributed by atoms with Gasteiger partial charge in [-0.2, -0.15) is 0 Å². The predicted molar refractivity (Wildman–Crippen MR) is 52.7 cm³/mol. The molecule has 0 bridgehead atoms. The Balaban J connectivity index is 2.56. The van der Waals surface area contributed by atoms with E-state index in [1.54, 1.807) is 4.57 Å². The van der Waals surface area contributed by atoms with Gasteiger partial charge >= 0.3 is 0 Å². The molecule has 0 aliphatic heterocycles. The number of nitrogens with zero attached hydrogens (tertiary/aromatic N) is 2. The maximum Gasteiger partial charge on any atom is 0.169 e. The van der Waals surface area contributed by atoms with Crippen molar-refractivity contribution in [2.24, 2.45) is 0 Å². The van der Waals surface area contributed by atoms with Gasteiger partial charge in [0.05, 0.1) is 17.6 Å². The Hall–Kier alpha value is -1.39. The fourth-order valence-electron chi connectivity index (χ4n) is 1.59. The van der Waals surface area contributed by atoms with Gasteiger partial charge in [-0.3, -0.25) is 0 Å². The van der Waals surface area contributed by atoms with Crippen LogP contribution in [0.2, 0.25) is 0 Å². The van der Waals surface area contributed by atoms with Crippen LogP contribution < -0.4 is 0 Å². The summed E-state index contributed by atoms with van der Waals surface area (Å²) in [5.74, 6) is 0.791. The first-order chi connectivity index (χ1) is 6.68. The molecule has 0 saturated heterocycles. The molecule has 0 amide bonds. The first kappa shape index (κ1) is 9.18. The number of imidazole rings is 1. The van der Waals surface area contributed by atoms with E-state index in [0.29, 0.717) is 0 Å². The zero-order valence-electron chi connectivity index (χ0n) is 7.88. The zero-order chi connectivity index (χ0) is 10.1. The molecule has 4 nitrogen and oxygen atoms in total. The van der Waals surface area contributed by atoms with E-state index in [1.165, 1.54) is 0 Å². The maximum atomic E-state index is 8.92. The molecule has 4 heteroatoms. The first-order valence-corrected chi connectivity index (χ1v) is 4.46. The molecule has 0 unspecified atom stereocenters. The number of aliphatic hydroxyl groups excluding tert-OH is 1. The summed E-state index contributed by atoms with van der Waals surface area (Å²) in [6, 6.07) is 7.64. The van der Waals surface area contributed by atoms with E-state index in [0.717, 1.165) is 16.9 Å². The van der Waals surface area contributed by atoms with Crippen LogP contribution in [0.15, 0.2) is 24.3 Å². The smallest absolute Gasteiger partial charge is 0.169 e. The van der Waals surface area contributed by atoms with E-state index < -0.39 is 6.29 Å². The molecule has 1 aromatic carbocycles. The lowest BCUT2D eigenvalue weighted by molar-refractivity contribution is -0.0509. The molecule has 1 heterocycles. The molecule has 0 spiro atoms. The summed E-state index contributed by atoms with van der Waals surface area (Å²) in [7, 11) is 0. The molecule has 0 radical (unpaired) electrons. The fraction of sp³-hybridized carbons (Fsp3) is 0.300. The second-order valence-electron chi connectivity index (χ2n) is 3.24. The lowest BCUT2D eigenvalue weighted by atomic mass is 10.3. The summed E-state index contributed by atoms with van der Waals surface area (Å²) in [4.78, 5) is 4.31. The normalized spacial score (nSPS) is 11.4. The topological polar surface area (TPSA) is 58.3 Å². The highest BCUT2D eigenvalue weighted by Crippen LogP contribution is 2.15. The van der Waals surface area contributed by atoms with Gasteiger partial charge in [0.15, 0.2) is 6.29 Å². The van der Waals surface area contributed by atoms with Crippen molar-refractivity contribution in [2.45, 2.75) is 19.8 Å². The molecule has 14 heavy (non-hydrogen) atoms. The molecule has 0 fully saturated rings. The first-order valence-electron chi connectivity index (χ1n) is 4.46. The van der Waals surface area contributed by atoms with Crippen LogP contribution in [0, 0.1) is 6.92 Å². The van der Waals surface area contributed by atoms with Crippen molar-refractivity contribution < 1.29 is 10.2 Å². The number of hydrogen-bond acceptors (Lipinski definition) is 3. The predicted octanol–water partition coefficient (Wildman–Crippen LogP) is 0.655. The zero-order valence-corrected chi connectivity index (χ0v) is 7.88. The highest BCUT2D eigenvalue weighted by atomic mass is 16.5. The number of aliphatic hydroxyl groups is 2. The van der Waals surface area contributed by atoms with E-state index >= 15 is 0 Å². The van der Waals surface area contributed by atoms with E-state index in [4.69, 9.17) is 10.2 Å². The summed E-state index contributed by atoms with van der Waals surface area (Å²) in [5, 5.41) is 17.8. The third kappa shape index (κ3) is 1.49. The van der Waals surface area contributed by atoms with Gasteiger partial charge in [0.2, 0.25) is 0 Å². The van der Waals surface area contributed by atoms with Crippen molar-refractivity contribution in [1.82, 2.24) is 9.55 Å². The fourth-order valence-corrected chi connectivity index (χ4v) is 1.59. The summed E-state index contributed by atoms with van der Waals surface area (Å²) in [6.07, 6.45) is -1.34. The summed E-state index contributed by atoms with van der Waals surface area (Å²) in [5.41, 5.74) is 1.81. The highest BCUT2D eigenvalue weighted by molar-refractivity contribution is 5.75. The summed E-state index contributed by atoms with van der Waals surface area (Å²) in [6.45, 7) is 2.01. The lowest BCUT2D eigenvalue weighted by Gasteiger charge is -2.07. The number of hydrogen-bond donors (Lipinski definition) is 2. The molecule has 74 valence electrons. The van der Waals surface area contributed by atoms with Crippen molar-refractivity contribution in [3.63, 3.8) is 0 Å². The second-order valence-corrected chi connectivity index (χ2v) is 3.24. The van der Waals surface area contributed by atoms with E-state index in [-0.39, 0.29) is 6.54 Å². The number of rotatable bonds is 2. The SMILES string of the molecule is Cc1nc2ccccc2n1CC(O)O. The van der Waals surface area contributed by atoms with Crippen LogP contribution in [-0.2, 0) is 6.54 Å². The minimum Gasteiger partial charge on any atom is -0.367 e. The molecule has 1 aromatic heterocycles. The van der Waals surface area contributed by atoms with Gasteiger partial charge < -0.3 is 14.8 Å². The van der Waals surface area contributed by atoms with Gasteiger partial charge in [-0.05, 0) is 19.1 Å². The average molecular weight is 192 g/mol. The van der Waals surface area contributed by atoms with Crippen LogP contribution in [0.3, 0.4) is 0 Å². The number of para-hydroxylation sites is 2. The van der Waals surface area contributed by atoms with Crippen LogP contribution in [0.25, 0.3) is 11.0 Å². The number of aryl methyl sites for hydroxylation is 1. The van der Waals surface area contributed by atoms with Gasteiger partial charge in [0.1, 0.15) is 5.82 Å². The number of benzene rings is 1. The van der Waals surface area contributed by atoms with E-state index in [2.05, 4.69) is 4.98 Å². The Kier molecular flexibility index (Phi) is 2.23.